The van der Waals surface area contributed by atoms with E-state index in [0.29, 0.717) is 18.8 Å². The maximum atomic E-state index is 9.47. The summed E-state index contributed by atoms with van der Waals surface area (Å²) in [6.07, 6.45) is 1.78. The van der Waals surface area contributed by atoms with Gasteiger partial charge in [-0.3, -0.25) is 0 Å². The first kappa shape index (κ1) is 11.8. The number of hydrogen-bond donors (Lipinski definition) is 2. The van der Waals surface area contributed by atoms with Crippen LogP contribution in [0.1, 0.15) is 24.3 Å². The Bertz CT molecular complexity index is 543. The van der Waals surface area contributed by atoms with Crippen molar-refractivity contribution in [3.05, 3.63) is 29.8 Å². The Morgan fingerprint density at radius 2 is 1.83 bits per heavy atom. The first-order chi connectivity index (χ1) is 8.77. The summed E-state index contributed by atoms with van der Waals surface area (Å²) in [6.45, 7) is 1.43. The number of ether oxygens (including phenoxy) is 1. The molecule has 1 aromatic carbocycles. The second-order valence-corrected chi connectivity index (χ2v) is 4.64. The zero-order chi connectivity index (χ0) is 12.5. The lowest BCUT2D eigenvalue weighted by Gasteiger charge is -2.22. The van der Waals surface area contributed by atoms with Gasteiger partial charge in [0.25, 0.3) is 0 Å². The average molecular weight is 246 g/mol. The monoisotopic (exact) mass is 246 g/mol. The second-order valence-electron chi connectivity index (χ2n) is 4.64. The van der Waals surface area contributed by atoms with Crippen LogP contribution in [-0.2, 0) is 4.74 Å². The molecule has 2 aromatic rings. The molecule has 0 spiro atoms. The molecule has 18 heavy (non-hydrogen) atoms. The van der Waals surface area contributed by atoms with E-state index in [2.05, 4.69) is 0 Å². The number of furan rings is 1. The van der Waals surface area contributed by atoms with Gasteiger partial charge in [-0.1, -0.05) is 18.2 Å². The summed E-state index contributed by atoms with van der Waals surface area (Å²) in [4.78, 5) is 0. The van der Waals surface area contributed by atoms with Gasteiger partial charge in [0.05, 0.1) is 0 Å². The number of benzene rings is 1. The van der Waals surface area contributed by atoms with Crippen molar-refractivity contribution in [3.63, 3.8) is 0 Å². The van der Waals surface area contributed by atoms with Gasteiger partial charge in [0.15, 0.2) is 0 Å². The average Bonchev–Trinajstić information content (AvgIpc) is 2.79. The highest BCUT2D eigenvalue weighted by atomic mass is 16.5. The van der Waals surface area contributed by atoms with E-state index in [1.165, 1.54) is 0 Å². The van der Waals surface area contributed by atoms with E-state index in [0.717, 1.165) is 23.8 Å². The van der Waals surface area contributed by atoms with Gasteiger partial charge >= 0.3 is 7.12 Å². The van der Waals surface area contributed by atoms with Gasteiger partial charge in [-0.2, -0.15) is 0 Å². The molecule has 94 valence electrons. The van der Waals surface area contributed by atoms with Crippen molar-refractivity contribution < 1.29 is 19.2 Å². The van der Waals surface area contributed by atoms with E-state index in [9.17, 15) is 10.0 Å². The maximum absolute atomic E-state index is 9.47. The maximum Gasteiger partial charge on any atom is 0.526 e. The lowest BCUT2D eigenvalue weighted by atomic mass is 9.77. The van der Waals surface area contributed by atoms with Crippen LogP contribution in [-0.4, -0.2) is 30.4 Å². The van der Waals surface area contributed by atoms with Crippen molar-refractivity contribution >= 4 is 23.7 Å². The zero-order valence-corrected chi connectivity index (χ0v) is 10.0. The van der Waals surface area contributed by atoms with Crippen LogP contribution >= 0.6 is 0 Å². The molecule has 0 amide bonds. The molecule has 0 aliphatic carbocycles. The van der Waals surface area contributed by atoms with Crippen LogP contribution in [0.2, 0.25) is 0 Å². The summed E-state index contributed by atoms with van der Waals surface area (Å²) in [5, 5.41) is 19.9. The molecular formula is C13H15BO4. The SMILES string of the molecule is OB(O)c1oc2ccccc2c1C1CCOCC1. The molecule has 4 nitrogen and oxygen atoms in total. The van der Waals surface area contributed by atoms with E-state index in [1.807, 2.05) is 24.3 Å². The summed E-state index contributed by atoms with van der Waals surface area (Å²) in [7, 11) is -1.56. The van der Waals surface area contributed by atoms with Crippen LogP contribution in [0.15, 0.2) is 28.7 Å². The smallest absolute Gasteiger partial charge is 0.464 e. The lowest BCUT2D eigenvalue weighted by Crippen LogP contribution is -2.33. The number of fused-ring (bicyclic) bond motifs is 1. The first-order valence-corrected chi connectivity index (χ1v) is 6.22. The minimum absolute atomic E-state index is 0.277. The normalized spacial score (nSPS) is 17.2. The molecule has 1 aliphatic rings. The molecule has 2 N–H and O–H groups in total. The highest BCUT2D eigenvalue weighted by Gasteiger charge is 2.30. The number of hydrogen-bond acceptors (Lipinski definition) is 4. The topological polar surface area (TPSA) is 62.8 Å². The van der Waals surface area contributed by atoms with Gasteiger partial charge in [-0.05, 0) is 24.8 Å². The molecule has 0 saturated carbocycles. The van der Waals surface area contributed by atoms with E-state index in [1.54, 1.807) is 0 Å². The third-order valence-corrected chi connectivity index (χ3v) is 3.53. The van der Waals surface area contributed by atoms with Crippen LogP contribution in [0.25, 0.3) is 11.0 Å². The van der Waals surface area contributed by atoms with Crippen molar-refractivity contribution in [1.82, 2.24) is 0 Å². The van der Waals surface area contributed by atoms with Gasteiger partial charge in [-0.15, -0.1) is 0 Å². The predicted molar refractivity (Wildman–Crippen MR) is 68.8 cm³/mol. The van der Waals surface area contributed by atoms with Crippen LogP contribution < -0.4 is 5.66 Å². The molecular weight excluding hydrogens is 231 g/mol. The quantitative estimate of drug-likeness (QED) is 0.776. The zero-order valence-electron chi connectivity index (χ0n) is 10.0. The van der Waals surface area contributed by atoms with Gasteiger partial charge < -0.3 is 19.2 Å². The van der Waals surface area contributed by atoms with Gasteiger partial charge in [0.1, 0.15) is 11.2 Å². The minimum Gasteiger partial charge on any atom is -0.464 e. The fourth-order valence-electron chi connectivity index (χ4n) is 2.68. The van der Waals surface area contributed by atoms with Crippen LogP contribution in [0, 0.1) is 0 Å². The third-order valence-electron chi connectivity index (χ3n) is 3.53. The molecule has 3 rings (SSSR count). The first-order valence-electron chi connectivity index (χ1n) is 6.22. The van der Waals surface area contributed by atoms with E-state index in [4.69, 9.17) is 9.15 Å². The summed E-state index contributed by atoms with van der Waals surface area (Å²) in [6, 6.07) is 7.64. The minimum atomic E-state index is -1.56. The Hall–Kier alpha value is -1.30. The molecule has 0 bridgehead atoms. The fourth-order valence-corrected chi connectivity index (χ4v) is 2.68. The van der Waals surface area contributed by atoms with Gasteiger partial charge in [0.2, 0.25) is 0 Å². The standard InChI is InChI=1S/C13H15BO4/c15-14(16)13-12(9-5-7-17-8-6-9)10-3-1-2-4-11(10)18-13/h1-4,9,15-16H,5-8H2. The predicted octanol–water partition coefficient (Wildman–Crippen LogP) is 1.01. The fraction of sp³-hybridized carbons (Fsp3) is 0.385. The Kier molecular flexibility index (Phi) is 3.12. The molecule has 1 aromatic heterocycles. The Morgan fingerprint density at radius 1 is 1.11 bits per heavy atom. The Balaban J connectivity index is 2.14. The van der Waals surface area contributed by atoms with E-state index >= 15 is 0 Å². The van der Waals surface area contributed by atoms with Crippen LogP contribution in [0.4, 0.5) is 0 Å². The highest BCUT2D eigenvalue weighted by molar-refractivity contribution is 6.58. The molecule has 1 saturated heterocycles. The van der Waals surface area contributed by atoms with E-state index < -0.39 is 7.12 Å². The molecule has 2 heterocycles. The van der Waals surface area contributed by atoms with Crippen molar-refractivity contribution in [2.24, 2.45) is 0 Å². The molecule has 1 fully saturated rings. The number of para-hydroxylation sites is 1. The number of rotatable bonds is 2. The summed E-state index contributed by atoms with van der Waals surface area (Å²) >= 11 is 0. The molecule has 1 aliphatic heterocycles. The summed E-state index contributed by atoms with van der Waals surface area (Å²) < 4.78 is 10.9. The van der Waals surface area contributed by atoms with Crippen molar-refractivity contribution in [2.45, 2.75) is 18.8 Å². The van der Waals surface area contributed by atoms with Gasteiger partial charge in [-0.25, -0.2) is 0 Å². The third kappa shape index (κ3) is 1.94. The van der Waals surface area contributed by atoms with Crippen molar-refractivity contribution in [1.29, 1.82) is 0 Å². The molecule has 5 heteroatoms. The van der Waals surface area contributed by atoms with E-state index in [-0.39, 0.29) is 11.6 Å². The lowest BCUT2D eigenvalue weighted by molar-refractivity contribution is 0.0856. The van der Waals surface area contributed by atoms with Crippen LogP contribution in [0.5, 0.6) is 0 Å². The highest BCUT2D eigenvalue weighted by Crippen LogP contribution is 2.32. The molecule has 0 unspecified atom stereocenters. The Labute approximate surface area is 105 Å². The van der Waals surface area contributed by atoms with Crippen molar-refractivity contribution in [3.8, 4) is 0 Å². The Morgan fingerprint density at radius 3 is 2.56 bits per heavy atom. The van der Waals surface area contributed by atoms with Crippen LogP contribution in [0.3, 0.4) is 0 Å². The van der Waals surface area contributed by atoms with Gasteiger partial charge in [0, 0.05) is 24.2 Å². The summed E-state index contributed by atoms with van der Waals surface area (Å²) in [5.41, 5.74) is 1.93. The second kappa shape index (κ2) is 4.76. The summed E-state index contributed by atoms with van der Waals surface area (Å²) in [5.74, 6) is 0.277. The largest absolute Gasteiger partial charge is 0.526 e. The van der Waals surface area contributed by atoms with Crippen molar-refractivity contribution in [2.75, 3.05) is 13.2 Å². The molecule has 0 atom stereocenters. The molecule has 0 radical (unpaired) electrons.